The number of hydrogen-bond acceptors (Lipinski definition) is 5. The van der Waals surface area contributed by atoms with Gasteiger partial charge in [-0.05, 0) is 0 Å². The Balaban J connectivity index is 2.98. The number of aromatic amines is 1. The first-order valence-electron chi connectivity index (χ1n) is 2.12. The van der Waals surface area contributed by atoms with Crippen LogP contribution >= 0.6 is 25.3 Å². The second-order valence-electron chi connectivity index (χ2n) is 1.35. The molecule has 0 atom stereocenters. The van der Waals surface area contributed by atoms with Crippen molar-refractivity contribution in [1.82, 2.24) is 10.1 Å². The molecule has 0 aliphatic rings. The molecule has 0 saturated carbocycles. The third-order valence-corrected chi connectivity index (χ3v) is 1.19. The Bertz CT molecular complexity index is 240. The van der Waals surface area contributed by atoms with Gasteiger partial charge in [-0.25, -0.2) is 4.79 Å². The largest absolute Gasteiger partial charge is 0.438 e. The number of nitrogens with zero attached hydrogens (tertiary/aromatic N) is 1. The van der Waals surface area contributed by atoms with Gasteiger partial charge in [-0.1, -0.05) is 5.16 Å². The van der Waals surface area contributed by atoms with E-state index in [9.17, 15) is 4.79 Å². The Hall–Kier alpha value is -0.360. The lowest BCUT2D eigenvalue weighted by Crippen LogP contribution is -1.96. The van der Waals surface area contributed by atoms with Gasteiger partial charge in [-0.2, -0.15) is 25.3 Å². The maximum absolute atomic E-state index is 10.2. The second kappa shape index (κ2) is 2.49. The van der Waals surface area contributed by atoms with Gasteiger partial charge in [-0.15, -0.1) is 0 Å². The van der Waals surface area contributed by atoms with Crippen LogP contribution in [0.4, 0.5) is 0 Å². The smallest absolute Gasteiger partial charge is 0.296 e. The number of rotatable bonds is 1. The van der Waals surface area contributed by atoms with Crippen LogP contribution in [0.3, 0.4) is 0 Å². The minimum absolute atomic E-state index is 0.326. The van der Waals surface area contributed by atoms with E-state index in [1.54, 1.807) is 0 Å². The lowest BCUT2D eigenvalue weighted by atomic mass is 10.7. The summed E-state index contributed by atoms with van der Waals surface area (Å²) in [4.78, 5) is 12.5. The second-order valence-corrected chi connectivity index (χ2v) is 2.79. The van der Waals surface area contributed by atoms with Crippen molar-refractivity contribution in [2.24, 2.45) is 0 Å². The molecule has 0 spiro atoms. The quantitative estimate of drug-likeness (QED) is 0.411. The Kier molecular flexibility index (Phi) is 1.87. The lowest BCUT2D eigenvalue weighted by molar-refractivity contribution is 0.383. The highest BCUT2D eigenvalue weighted by atomic mass is 32.2. The van der Waals surface area contributed by atoms with Gasteiger partial charge in [0.1, 0.15) is 4.58 Å². The number of nitrogens with one attached hydrogen (secondary N) is 1. The molecule has 0 aliphatic carbocycles. The molecule has 1 N–H and O–H groups in total. The van der Waals surface area contributed by atoms with Crippen molar-refractivity contribution >= 4 is 25.3 Å². The zero-order valence-electron chi connectivity index (χ0n) is 4.24. The first-order valence-corrected chi connectivity index (χ1v) is 3.15. The van der Waals surface area contributed by atoms with E-state index in [1.807, 2.05) is 0 Å². The van der Waals surface area contributed by atoms with Crippen molar-refractivity contribution in [3.05, 3.63) is 16.4 Å². The first kappa shape index (κ1) is 6.76. The molecule has 0 unspecified atom stereocenters. The third kappa shape index (κ3) is 1.52. The van der Waals surface area contributed by atoms with Crippen LogP contribution in [-0.2, 0) is 0 Å². The van der Waals surface area contributed by atoms with E-state index in [4.69, 9.17) is 0 Å². The predicted molar refractivity (Wildman–Crippen MR) is 37.8 cm³/mol. The molecule has 1 aromatic heterocycles. The van der Waals surface area contributed by atoms with Crippen molar-refractivity contribution in [3.63, 3.8) is 0 Å². The van der Waals surface area contributed by atoms with Crippen LogP contribution in [0.1, 0.15) is 10.4 Å². The van der Waals surface area contributed by atoms with Crippen LogP contribution in [0, 0.1) is 0 Å². The molecule has 4 nitrogen and oxygen atoms in total. The van der Waals surface area contributed by atoms with E-state index in [-0.39, 0.29) is 0 Å². The molecule has 9 heavy (non-hydrogen) atoms. The van der Waals surface area contributed by atoms with Crippen LogP contribution < -0.4 is 5.76 Å². The minimum atomic E-state index is -0.585. The summed E-state index contributed by atoms with van der Waals surface area (Å²) in [5, 5.41) is 3.32. The molecule has 50 valence electrons. The average molecular weight is 164 g/mol. The molecular weight excluding hydrogens is 160 g/mol. The Morgan fingerprint density at radius 2 is 2.33 bits per heavy atom. The zero-order valence-corrected chi connectivity index (χ0v) is 6.02. The van der Waals surface area contributed by atoms with Crippen molar-refractivity contribution in [2.75, 3.05) is 0 Å². The fraction of sp³-hybridized carbons (Fsp3) is 0.333. The van der Waals surface area contributed by atoms with Gasteiger partial charge in [0.2, 0.25) is 0 Å². The van der Waals surface area contributed by atoms with Crippen LogP contribution in [0.15, 0.2) is 9.32 Å². The normalized spacial score (nSPS) is 10.6. The number of H-pyrrole nitrogens is 1. The topological polar surface area (TPSA) is 58.9 Å². The van der Waals surface area contributed by atoms with Gasteiger partial charge in [0.15, 0.2) is 5.82 Å². The summed E-state index contributed by atoms with van der Waals surface area (Å²) in [6.45, 7) is 0. The van der Waals surface area contributed by atoms with Crippen LogP contribution in [-0.4, -0.2) is 10.1 Å². The monoisotopic (exact) mass is 164 g/mol. The number of thiol groups is 2. The van der Waals surface area contributed by atoms with Gasteiger partial charge < -0.3 is 0 Å². The molecule has 1 rings (SSSR count). The van der Waals surface area contributed by atoms with E-state index in [1.165, 1.54) is 0 Å². The summed E-state index contributed by atoms with van der Waals surface area (Å²) in [5.74, 6) is -0.259. The van der Waals surface area contributed by atoms with Gasteiger partial charge in [0, 0.05) is 0 Å². The van der Waals surface area contributed by atoms with Crippen LogP contribution in [0.5, 0.6) is 0 Å². The molecule has 0 amide bonds. The van der Waals surface area contributed by atoms with Gasteiger partial charge in [0.05, 0.1) is 0 Å². The fourth-order valence-corrected chi connectivity index (χ4v) is 0.576. The summed E-state index contributed by atoms with van der Waals surface area (Å²) >= 11 is 7.74. The summed E-state index contributed by atoms with van der Waals surface area (Å²) in [7, 11) is 0. The molecule has 1 heterocycles. The highest BCUT2D eigenvalue weighted by molar-refractivity contribution is 7.98. The van der Waals surface area contributed by atoms with E-state index in [0.29, 0.717) is 5.82 Å². The van der Waals surface area contributed by atoms with Gasteiger partial charge >= 0.3 is 5.76 Å². The van der Waals surface area contributed by atoms with Crippen molar-refractivity contribution in [3.8, 4) is 0 Å². The van der Waals surface area contributed by atoms with E-state index >= 15 is 0 Å². The zero-order chi connectivity index (χ0) is 6.85. The first-order chi connectivity index (χ1) is 4.20. The number of hydrogen-bond donors (Lipinski definition) is 3. The molecular formula is C3H4N2O2S2. The van der Waals surface area contributed by atoms with Crippen LogP contribution in [0.2, 0.25) is 0 Å². The Morgan fingerprint density at radius 3 is 2.56 bits per heavy atom. The Labute approximate surface area is 61.5 Å². The highest BCUT2D eigenvalue weighted by Crippen LogP contribution is 2.17. The maximum Gasteiger partial charge on any atom is 0.438 e. The van der Waals surface area contributed by atoms with Crippen molar-refractivity contribution in [2.45, 2.75) is 4.58 Å². The highest BCUT2D eigenvalue weighted by Gasteiger charge is 2.04. The van der Waals surface area contributed by atoms with Crippen LogP contribution in [0.25, 0.3) is 0 Å². The average Bonchev–Trinajstić information content (AvgIpc) is 2.14. The van der Waals surface area contributed by atoms with E-state index < -0.39 is 10.3 Å². The molecule has 1 aromatic rings. The third-order valence-electron chi connectivity index (χ3n) is 0.702. The molecule has 6 heteroatoms. The maximum atomic E-state index is 10.2. The van der Waals surface area contributed by atoms with Crippen molar-refractivity contribution < 1.29 is 4.52 Å². The predicted octanol–water partition coefficient (Wildman–Crippen LogP) is 0.221. The fourth-order valence-electron chi connectivity index (χ4n) is 0.353. The summed E-state index contributed by atoms with van der Waals surface area (Å²) in [5.41, 5.74) is 0. The summed E-state index contributed by atoms with van der Waals surface area (Å²) in [6.07, 6.45) is 0. The lowest BCUT2D eigenvalue weighted by Gasteiger charge is -1.90. The van der Waals surface area contributed by atoms with E-state index in [2.05, 4.69) is 39.9 Å². The van der Waals surface area contributed by atoms with Gasteiger partial charge in [-0.3, -0.25) is 9.51 Å². The molecule has 0 saturated heterocycles. The molecule has 0 aromatic carbocycles. The standard InChI is InChI=1S/C3H4N2O2S2/c6-3-4-1(2(8)9)5-7-3/h2,8-9H,(H,4,5,6). The number of aromatic nitrogens is 2. The Morgan fingerprint density at radius 1 is 1.67 bits per heavy atom. The van der Waals surface area contributed by atoms with Gasteiger partial charge in [0.25, 0.3) is 0 Å². The molecule has 0 fully saturated rings. The van der Waals surface area contributed by atoms with Crippen molar-refractivity contribution in [1.29, 1.82) is 0 Å². The van der Waals surface area contributed by atoms with E-state index in [0.717, 1.165) is 0 Å². The SMILES string of the molecule is O=c1[nH]c(C(S)S)no1. The molecule has 0 radical (unpaired) electrons. The molecule has 0 aliphatic heterocycles. The summed E-state index contributed by atoms with van der Waals surface area (Å²) in [6, 6.07) is 0. The summed E-state index contributed by atoms with van der Waals surface area (Å²) < 4.78 is 3.77. The minimum Gasteiger partial charge on any atom is -0.296 e. The molecule has 0 bridgehead atoms.